The lowest BCUT2D eigenvalue weighted by molar-refractivity contribution is -0.124. The number of likely N-dealkylation sites (N-methyl/N-ethyl adjacent to an activating group) is 1. The Morgan fingerprint density at radius 1 is 1.25 bits per heavy atom. The van der Waals surface area contributed by atoms with Gasteiger partial charge in [-0.3, -0.25) is 9.69 Å². The van der Waals surface area contributed by atoms with E-state index >= 15 is 0 Å². The summed E-state index contributed by atoms with van der Waals surface area (Å²) >= 11 is 0. The number of hydrogen-bond acceptors (Lipinski definition) is 2. The van der Waals surface area contributed by atoms with E-state index < -0.39 is 0 Å². The molecule has 86 valence electrons. The molecule has 1 aromatic rings. The predicted octanol–water partition coefficient (Wildman–Crippen LogP) is 1.66. The summed E-state index contributed by atoms with van der Waals surface area (Å²) in [5.74, 6) is 0.197. The Balaban J connectivity index is 2.29. The topological polar surface area (TPSA) is 23.6 Å². The zero-order chi connectivity index (χ0) is 11.7. The number of carbonyl (C=O) groups is 1. The van der Waals surface area contributed by atoms with Crippen LogP contribution in [0, 0.1) is 6.92 Å². The summed E-state index contributed by atoms with van der Waals surface area (Å²) in [7, 11) is 2.00. The second kappa shape index (κ2) is 4.26. The van der Waals surface area contributed by atoms with Crippen molar-refractivity contribution in [1.29, 1.82) is 0 Å². The zero-order valence-corrected chi connectivity index (χ0v) is 10.1. The number of amides is 1. The summed E-state index contributed by atoms with van der Waals surface area (Å²) in [6, 6.07) is 8.03. The van der Waals surface area contributed by atoms with Gasteiger partial charge in [-0.2, -0.15) is 0 Å². The summed E-state index contributed by atoms with van der Waals surface area (Å²) in [6.07, 6.45) is 0. The number of nitrogens with zero attached hydrogens (tertiary/aromatic N) is 2. The van der Waals surface area contributed by atoms with Crippen LogP contribution in [0.3, 0.4) is 0 Å². The van der Waals surface area contributed by atoms with E-state index in [-0.39, 0.29) is 11.9 Å². The molecule has 1 aromatic carbocycles. The van der Waals surface area contributed by atoms with Gasteiger partial charge in [0, 0.05) is 18.8 Å². The lowest BCUT2D eigenvalue weighted by Gasteiger charge is -2.37. The monoisotopic (exact) mass is 218 g/mol. The van der Waals surface area contributed by atoms with Gasteiger partial charge in [0.15, 0.2) is 0 Å². The number of piperazine rings is 1. The van der Waals surface area contributed by atoms with Gasteiger partial charge in [-0.15, -0.1) is 0 Å². The van der Waals surface area contributed by atoms with Gasteiger partial charge in [0.2, 0.25) is 5.91 Å². The van der Waals surface area contributed by atoms with E-state index in [1.807, 2.05) is 50.1 Å². The van der Waals surface area contributed by atoms with E-state index in [0.717, 1.165) is 24.3 Å². The standard InChI is InChI=1S/C13H18N2O/c1-10-6-4-5-7-12(10)15-9-8-14(3)11(2)13(15)16/h4-7,11H,8-9H2,1-3H3. The SMILES string of the molecule is Cc1ccccc1N1CCN(C)C(C)C1=O. The van der Waals surface area contributed by atoms with Gasteiger partial charge in [0.25, 0.3) is 0 Å². The highest BCUT2D eigenvalue weighted by Crippen LogP contribution is 2.22. The van der Waals surface area contributed by atoms with Crippen LogP contribution in [0.15, 0.2) is 24.3 Å². The maximum Gasteiger partial charge on any atom is 0.244 e. The molecule has 0 aliphatic carbocycles. The van der Waals surface area contributed by atoms with Crippen molar-refractivity contribution in [1.82, 2.24) is 4.90 Å². The fourth-order valence-corrected chi connectivity index (χ4v) is 2.08. The van der Waals surface area contributed by atoms with E-state index in [1.165, 1.54) is 0 Å². The van der Waals surface area contributed by atoms with Crippen molar-refractivity contribution < 1.29 is 4.79 Å². The maximum atomic E-state index is 12.2. The number of benzene rings is 1. The van der Waals surface area contributed by atoms with E-state index in [4.69, 9.17) is 0 Å². The Morgan fingerprint density at radius 3 is 2.62 bits per heavy atom. The molecule has 1 heterocycles. The molecular formula is C13H18N2O. The molecule has 0 radical (unpaired) electrons. The van der Waals surface area contributed by atoms with Crippen LogP contribution in [0.2, 0.25) is 0 Å². The Hall–Kier alpha value is -1.35. The quantitative estimate of drug-likeness (QED) is 0.715. The lowest BCUT2D eigenvalue weighted by atomic mass is 10.1. The third-order valence-corrected chi connectivity index (χ3v) is 3.37. The summed E-state index contributed by atoms with van der Waals surface area (Å²) < 4.78 is 0. The van der Waals surface area contributed by atoms with Crippen molar-refractivity contribution in [2.45, 2.75) is 19.9 Å². The van der Waals surface area contributed by atoms with Gasteiger partial charge in [0.05, 0.1) is 6.04 Å². The average Bonchev–Trinajstić information content (AvgIpc) is 2.28. The first kappa shape index (κ1) is 11.1. The predicted molar refractivity (Wildman–Crippen MR) is 65.6 cm³/mol. The molecule has 3 heteroatoms. The fraction of sp³-hybridized carbons (Fsp3) is 0.462. The number of rotatable bonds is 1. The minimum Gasteiger partial charge on any atom is -0.310 e. The summed E-state index contributed by atoms with van der Waals surface area (Å²) in [6.45, 7) is 5.73. The highest BCUT2D eigenvalue weighted by atomic mass is 16.2. The van der Waals surface area contributed by atoms with Crippen molar-refractivity contribution in [2.24, 2.45) is 0 Å². The zero-order valence-electron chi connectivity index (χ0n) is 10.1. The molecule has 0 bridgehead atoms. The number of hydrogen-bond donors (Lipinski definition) is 0. The van der Waals surface area contributed by atoms with Gasteiger partial charge >= 0.3 is 0 Å². The molecule has 1 saturated heterocycles. The molecule has 1 aliphatic heterocycles. The number of para-hydroxylation sites is 1. The van der Waals surface area contributed by atoms with Crippen LogP contribution in [0.25, 0.3) is 0 Å². The Kier molecular flexibility index (Phi) is 2.97. The average molecular weight is 218 g/mol. The number of anilines is 1. The molecule has 1 atom stereocenters. The van der Waals surface area contributed by atoms with Crippen LogP contribution in [-0.4, -0.2) is 37.0 Å². The third kappa shape index (κ3) is 1.83. The van der Waals surface area contributed by atoms with Crippen molar-refractivity contribution in [3.05, 3.63) is 29.8 Å². The minimum atomic E-state index is -0.0200. The number of aryl methyl sites for hydroxylation is 1. The van der Waals surface area contributed by atoms with E-state index in [0.29, 0.717) is 0 Å². The van der Waals surface area contributed by atoms with Gasteiger partial charge in [-0.1, -0.05) is 18.2 Å². The first-order valence-corrected chi connectivity index (χ1v) is 5.68. The van der Waals surface area contributed by atoms with Gasteiger partial charge in [0.1, 0.15) is 0 Å². The van der Waals surface area contributed by atoms with Crippen LogP contribution in [-0.2, 0) is 4.79 Å². The highest BCUT2D eigenvalue weighted by Gasteiger charge is 2.30. The maximum absolute atomic E-state index is 12.2. The molecule has 2 rings (SSSR count). The first-order chi connectivity index (χ1) is 7.61. The summed E-state index contributed by atoms with van der Waals surface area (Å²) in [5.41, 5.74) is 2.21. The van der Waals surface area contributed by atoms with E-state index in [2.05, 4.69) is 4.90 Å². The minimum absolute atomic E-state index is 0.0200. The molecule has 1 unspecified atom stereocenters. The molecule has 0 aromatic heterocycles. The molecule has 3 nitrogen and oxygen atoms in total. The fourth-order valence-electron chi connectivity index (χ4n) is 2.08. The largest absolute Gasteiger partial charge is 0.310 e. The van der Waals surface area contributed by atoms with Gasteiger partial charge in [-0.05, 0) is 32.5 Å². The Bertz CT molecular complexity index is 403. The summed E-state index contributed by atoms with van der Waals surface area (Å²) in [4.78, 5) is 16.2. The van der Waals surface area contributed by atoms with E-state index in [1.54, 1.807) is 0 Å². The van der Waals surface area contributed by atoms with Crippen LogP contribution < -0.4 is 4.90 Å². The van der Waals surface area contributed by atoms with Crippen molar-refractivity contribution in [2.75, 3.05) is 25.0 Å². The van der Waals surface area contributed by atoms with Gasteiger partial charge < -0.3 is 4.90 Å². The Labute approximate surface area is 96.7 Å². The van der Waals surface area contributed by atoms with Crippen molar-refractivity contribution in [3.63, 3.8) is 0 Å². The second-order valence-electron chi connectivity index (χ2n) is 4.43. The van der Waals surface area contributed by atoms with Crippen LogP contribution >= 0.6 is 0 Å². The number of carbonyl (C=O) groups excluding carboxylic acids is 1. The molecule has 1 amide bonds. The van der Waals surface area contributed by atoms with E-state index in [9.17, 15) is 4.79 Å². The normalized spacial score (nSPS) is 22.6. The van der Waals surface area contributed by atoms with Crippen molar-refractivity contribution >= 4 is 11.6 Å². The lowest BCUT2D eigenvalue weighted by Crippen LogP contribution is -2.54. The van der Waals surface area contributed by atoms with Crippen LogP contribution in [0.5, 0.6) is 0 Å². The van der Waals surface area contributed by atoms with Gasteiger partial charge in [-0.25, -0.2) is 0 Å². The smallest absolute Gasteiger partial charge is 0.244 e. The molecule has 1 fully saturated rings. The summed E-state index contributed by atoms with van der Waals surface area (Å²) in [5, 5.41) is 0. The highest BCUT2D eigenvalue weighted by molar-refractivity contribution is 5.98. The van der Waals surface area contributed by atoms with Crippen LogP contribution in [0.1, 0.15) is 12.5 Å². The third-order valence-electron chi connectivity index (χ3n) is 3.37. The molecule has 16 heavy (non-hydrogen) atoms. The molecule has 0 N–H and O–H groups in total. The molecular weight excluding hydrogens is 200 g/mol. The first-order valence-electron chi connectivity index (χ1n) is 5.68. The second-order valence-corrected chi connectivity index (χ2v) is 4.43. The molecule has 0 spiro atoms. The van der Waals surface area contributed by atoms with Crippen molar-refractivity contribution in [3.8, 4) is 0 Å². The Morgan fingerprint density at radius 2 is 1.94 bits per heavy atom. The van der Waals surface area contributed by atoms with Crippen LogP contribution in [0.4, 0.5) is 5.69 Å². The molecule has 1 aliphatic rings. The molecule has 0 saturated carbocycles.